The highest BCUT2D eigenvalue weighted by Gasteiger charge is 2.30. The summed E-state index contributed by atoms with van der Waals surface area (Å²) in [5, 5.41) is 2.34. The van der Waals surface area contributed by atoms with Gasteiger partial charge < -0.3 is 0 Å². The highest BCUT2D eigenvalue weighted by molar-refractivity contribution is 6.36. The van der Waals surface area contributed by atoms with E-state index in [4.69, 9.17) is 0 Å². The number of carbonyl (C=O) groups excluding carboxylic acids is 2. The third-order valence-corrected chi connectivity index (χ3v) is 2.80. The lowest BCUT2D eigenvalue weighted by Gasteiger charge is -2.05. The van der Waals surface area contributed by atoms with Crippen LogP contribution in [0.25, 0.3) is 5.57 Å². The van der Waals surface area contributed by atoms with Gasteiger partial charge in [0.15, 0.2) is 0 Å². The molecule has 1 aromatic rings. The summed E-state index contributed by atoms with van der Waals surface area (Å²) in [6.07, 6.45) is 0.571. The molecular formula is C13H13NO2. The van der Waals surface area contributed by atoms with Crippen molar-refractivity contribution < 1.29 is 9.59 Å². The van der Waals surface area contributed by atoms with Crippen LogP contribution in [0.2, 0.25) is 0 Å². The topological polar surface area (TPSA) is 46.2 Å². The third kappa shape index (κ3) is 1.54. The number of benzene rings is 1. The van der Waals surface area contributed by atoms with Crippen LogP contribution in [0.3, 0.4) is 0 Å². The minimum atomic E-state index is -0.281. The molecule has 1 aromatic carbocycles. The molecule has 0 saturated carbocycles. The first kappa shape index (κ1) is 10.6. The average Bonchev–Trinajstić information content (AvgIpc) is 2.54. The second-order valence-electron chi connectivity index (χ2n) is 3.81. The number of carbonyl (C=O) groups is 2. The van der Waals surface area contributed by atoms with Crippen molar-refractivity contribution in [1.82, 2.24) is 5.32 Å². The van der Waals surface area contributed by atoms with Gasteiger partial charge in [-0.1, -0.05) is 31.2 Å². The van der Waals surface area contributed by atoms with Gasteiger partial charge in [0.2, 0.25) is 0 Å². The monoisotopic (exact) mass is 215 g/mol. The number of nitrogens with one attached hydrogen (secondary N) is 1. The molecule has 0 aliphatic carbocycles. The fourth-order valence-electron chi connectivity index (χ4n) is 1.97. The summed E-state index contributed by atoms with van der Waals surface area (Å²) in [6.45, 7) is 3.82. The molecule has 0 bridgehead atoms. The van der Waals surface area contributed by atoms with Gasteiger partial charge in [0.25, 0.3) is 11.8 Å². The van der Waals surface area contributed by atoms with Crippen LogP contribution in [-0.4, -0.2) is 11.8 Å². The van der Waals surface area contributed by atoms with Crippen LogP contribution in [0.1, 0.15) is 24.5 Å². The van der Waals surface area contributed by atoms with Crippen molar-refractivity contribution in [2.75, 3.05) is 0 Å². The molecule has 0 saturated heterocycles. The van der Waals surface area contributed by atoms with Crippen LogP contribution in [0.15, 0.2) is 29.8 Å². The molecule has 0 aromatic heterocycles. The Labute approximate surface area is 94.2 Å². The van der Waals surface area contributed by atoms with Crippen molar-refractivity contribution in [3.8, 4) is 0 Å². The molecule has 82 valence electrons. The van der Waals surface area contributed by atoms with Crippen LogP contribution in [0.4, 0.5) is 0 Å². The molecule has 1 N–H and O–H groups in total. The summed E-state index contributed by atoms with van der Waals surface area (Å²) in [5.41, 5.74) is 2.97. The second-order valence-corrected chi connectivity index (χ2v) is 3.81. The molecule has 1 aliphatic heterocycles. The number of hydrogen-bond donors (Lipinski definition) is 1. The zero-order valence-electron chi connectivity index (χ0n) is 9.33. The number of hydrogen-bond acceptors (Lipinski definition) is 2. The van der Waals surface area contributed by atoms with E-state index in [9.17, 15) is 9.59 Å². The van der Waals surface area contributed by atoms with E-state index in [1.807, 2.05) is 38.1 Å². The Morgan fingerprint density at radius 3 is 2.44 bits per heavy atom. The maximum atomic E-state index is 11.7. The maximum absolute atomic E-state index is 11.7. The Bertz CT molecular complexity index is 500. The van der Waals surface area contributed by atoms with Gasteiger partial charge in [-0.05, 0) is 24.5 Å². The quantitative estimate of drug-likeness (QED) is 0.765. The Morgan fingerprint density at radius 1 is 1.12 bits per heavy atom. The summed E-state index contributed by atoms with van der Waals surface area (Å²) >= 11 is 0. The standard InChI is InChI=1S/C13H13NO2/c1-3-9-11(13(16)14-12(9)15)10-7-5-4-6-8(10)2/h4-7H,3H2,1-2H3,(H,14,15,16). The van der Waals surface area contributed by atoms with E-state index in [0.29, 0.717) is 17.6 Å². The second kappa shape index (κ2) is 3.93. The van der Waals surface area contributed by atoms with Crippen LogP contribution in [-0.2, 0) is 9.59 Å². The smallest absolute Gasteiger partial charge is 0.259 e. The maximum Gasteiger partial charge on any atom is 0.259 e. The van der Waals surface area contributed by atoms with Crippen LogP contribution >= 0.6 is 0 Å². The number of rotatable bonds is 2. The van der Waals surface area contributed by atoms with E-state index >= 15 is 0 Å². The Kier molecular flexibility index (Phi) is 2.60. The molecule has 0 radical (unpaired) electrons. The first-order chi connectivity index (χ1) is 7.65. The zero-order valence-corrected chi connectivity index (χ0v) is 9.33. The SMILES string of the molecule is CCC1=C(c2ccccc2C)C(=O)NC1=O. The van der Waals surface area contributed by atoms with E-state index in [1.165, 1.54) is 0 Å². The van der Waals surface area contributed by atoms with Gasteiger partial charge in [-0.25, -0.2) is 0 Å². The number of aryl methyl sites for hydroxylation is 1. The lowest BCUT2D eigenvalue weighted by Crippen LogP contribution is -2.23. The molecule has 3 nitrogen and oxygen atoms in total. The molecule has 2 rings (SSSR count). The molecule has 0 atom stereocenters. The Morgan fingerprint density at radius 2 is 1.81 bits per heavy atom. The van der Waals surface area contributed by atoms with E-state index in [1.54, 1.807) is 0 Å². The van der Waals surface area contributed by atoms with Gasteiger partial charge in [-0.2, -0.15) is 0 Å². The van der Waals surface area contributed by atoms with Crippen LogP contribution < -0.4 is 5.32 Å². The molecule has 3 heteroatoms. The third-order valence-electron chi connectivity index (χ3n) is 2.80. The number of imide groups is 1. The van der Waals surface area contributed by atoms with E-state index in [2.05, 4.69) is 5.32 Å². The van der Waals surface area contributed by atoms with Crippen molar-refractivity contribution in [2.45, 2.75) is 20.3 Å². The summed E-state index contributed by atoms with van der Waals surface area (Å²) in [4.78, 5) is 23.2. The molecule has 0 spiro atoms. The fourth-order valence-corrected chi connectivity index (χ4v) is 1.97. The molecular weight excluding hydrogens is 202 g/mol. The molecule has 0 fully saturated rings. The summed E-state index contributed by atoms with van der Waals surface area (Å²) in [6, 6.07) is 7.60. The lowest BCUT2D eigenvalue weighted by molar-refractivity contribution is -0.123. The van der Waals surface area contributed by atoms with Crippen molar-refractivity contribution in [3.63, 3.8) is 0 Å². The van der Waals surface area contributed by atoms with E-state index in [0.717, 1.165) is 11.1 Å². The minimum Gasteiger partial charge on any atom is -0.288 e. The largest absolute Gasteiger partial charge is 0.288 e. The first-order valence-corrected chi connectivity index (χ1v) is 5.30. The molecule has 1 aliphatic rings. The number of amides is 2. The summed E-state index contributed by atoms with van der Waals surface area (Å²) in [5.74, 6) is -0.540. The lowest BCUT2D eigenvalue weighted by atomic mass is 9.96. The molecule has 0 unspecified atom stereocenters. The molecule has 1 heterocycles. The molecule has 2 amide bonds. The predicted molar refractivity (Wildman–Crippen MR) is 61.5 cm³/mol. The zero-order chi connectivity index (χ0) is 11.7. The first-order valence-electron chi connectivity index (χ1n) is 5.30. The van der Waals surface area contributed by atoms with Gasteiger partial charge in [-0.3, -0.25) is 14.9 Å². The van der Waals surface area contributed by atoms with Crippen molar-refractivity contribution in [1.29, 1.82) is 0 Å². The Hall–Kier alpha value is -1.90. The highest BCUT2D eigenvalue weighted by Crippen LogP contribution is 2.27. The summed E-state index contributed by atoms with van der Waals surface area (Å²) in [7, 11) is 0. The highest BCUT2D eigenvalue weighted by atomic mass is 16.2. The predicted octanol–water partition coefficient (Wildman–Crippen LogP) is 1.82. The van der Waals surface area contributed by atoms with Crippen molar-refractivity contribution >= 4 is 17.4 Å². The van der Waals surface area contributed by atoms with E-state index < -0.39 is 0 Å². The minimum absolute atomic E-state index is 0.259. The van der Waals surface area contributed by atoms with E-state index in [-0.39, 0.29) is 11.8 Å². The van der Waals surface area contributed by atoms with Crippen LogP contribution in [0.5, 0.6) is 0 Å². The van der Waals surface area contributed by atoms with Gasteiger partial charge in [0, 0.05) is 5.57 Å². The van der Waals surface area contributed by atoms with Gasteiger partial charge in [0.05, 0.1) is 5.57 Å². The van der Waals surface area contributed by atoms with Gasteiger partial charge >= 0.3 is 0 Å². The van der Waals surface area contributed by atoms with Gasteiger partial charge in [-0.15, -0.1) is 0 Å². The normalized spacial score (nSPS) is 15.6. The summed E-state index contributed by atoms with van der Waals surface area (Å²) < 4.78 is 0. The molecule has 16 heavy (non-hydrogen) atoms. The fraction of sp³-hybridized carbons (Fsp3) is 0.231. The Balaban J connectivity index is 2.62. The average molecular weight is 215 g/mol. The van der Waals surface area contributed by atoms with Crippen LogP contribution in [0, 0.1) is 6.92 Å². The van der Waals surface area contributed by atoms with Gasteiger partial charge in [0.1, 0.15) is 0 Å². The van der Waals surface area contributed by atoms with Crippen molar-refractivity contribution in [3.05, 3.63) is 41.0 Å². The van der Waals surface area contributed by atoms with Crippen molar-refractivity contribution in [2.24, 2.45) is 0 Å².